The maximum absolute atomic E-state index is 5.70. The Kier molecular flexibility index (Phi) is 3.16. The Balaban J connectivity index is 1.76. The molecule has 2 heterocycles. The monoisotopic (exact) mass is 196 g/mol. The van der Waals surface area contributed by atoms with E-state index in [1.807, 2.05) is 23.9 Å². The van der Waals surface area contributed by atoms with E-state index in [0.717, 1.165) is 31.7 Å². The van der Waals surface area contributed by atoms with Crippen LogP contribution in [0.3, 0.4) is 0 Å². The summed E-state index contributed by atoms with van der Waals surface area (Å²) in [5.74, 6) is 0. The van der Waals surface area contributed by atoms with Crippen LogP contribution in [0.15, 0.2) is 12.3 Å². The predicted octanol–water partition coefficient (Wildman–Crippen LogP) is 1.34. The van der Waals surface area contributed by atoms with Crippen LogP contribution in [0.5, 0.6) is 0 Å². The van der Waals surface area contributed by atoms with Crippen molar-refractivity contribution in [1.82, 2.24) is 9.78 Å². The molecular weight excluding hydrogens is 180 g/mol. The summed E-state index contributed by atoms with van der Waals surface area (Å²) in [5, 5.41) is 4.26. The molecule has 0 atom stereocenters. The average Bonchev–Trinajstić information content (AvgIpc) is 2.63. The van der Waals surface area contributed by atoms with Gasteiger partial charge in [0.15, 0.2) is 0 Å². The molecule has 0 unspecified atom stereocenters. The van der Waals surface area contributed by atoms with Crippen molar-refractivity contribution in [1.29, 1.82) is 0 Å². The molecule has 1 aliphatic rings. The second-order valence-electron chi connectivity index (χ2n) is 3.60. The lowest BCUT2D eigenvalue weighted by molar-refractivity contribution is -0.0600. The number of nitrogens with zero attached hydrogens (tertiary/aromatic N) is 2. The minimum Gasteiger partial charge on any atom is -0.381 e. The van der Waals surface area contributed by atoms with Gasteiger partial charge in [-0.05, 0) is 25.8 Å². The highest BCUT2D eigenvalue weighted by Crippen LogP contribution is 2.10. The molecule has 1 aliphatic heterocycles. The third kappa shape index (κ3) is 2.56. The Bertz CT molecular complexity index is 279. The minimum atomic E-state index is 0.341. The molecule has 0 amide bonds. The number of hydrogen-bond acceptors (Lipinski definition) is 3. The van der Waals surface area contributed by atoms with E-state index in [-0.39, 0.29) is 0 Å². The van der Waals surface area contributed by atoms with Gasteiger partial charge in [0.05, 0.1) is 11.8 Å². The molecule has 2 rings (SSSR count). The van der Waals surface area contributed by atoms with E-state index in [1.54, 1.807) is 0 Å². The van der Waals surface area contributed by atoms with Crippen molar-refractivity contribution in [3.05, 3.63) is 18.0 Å². The van der Waals surface area contributed by atoms with Gasteiger partial charge in [0.1, 0.15) is 6.73 Å². The fourth-order valence-electron chi connectivity index (χ4n) is 1.56. The van der Waals surface area contributed by atoms with Crippen LogP contribution in [0, 0.1) is 6.92 Å². The highest BCUT2D eigenvalue weighted by molar-refractivity contribution is 4.94. The Hall–Kier alpha value is -0.870. The summed E-state index contributed by atoms with van der Waals surface area (Å²) in [7, 11) is 0. The van der Waals surface area contributed by atoms with E-state index in [1.165, 1.54) is 0 Å². The molecule has 1 saturated heterocycles. The molecule has 1 aromatic rings. The van der Waals surface area contributed by atoms with Gasteiger partial charge in [0.2, 0.25) is 0 Å². The molecule has 0 saturated carbocycles. The van der Waals surface area contributed by atoms with Crippen LogP contribution in [0.25, 0.3) is 0 Å². The highest BCUT2D eigenvalue weighted by Gasteiger charge is 2.13. The van der Waals surface area contributed by atoms with Crippen LogP contribution in [0.2, 0.25) is 0 Å². The summed E-state index contributed by atoms with van der Waals surface area (Å²) in [6.07, 6.45) is 4.28. The summed E-state index contributed by atoms with van der Waals surface area (Å²) >= 11 is 0. The van der Waals surface area contributed by atoms with Crippen molar-refractivity contribution in [3.63, 3.8) is 0 Å². The lowest BCUT2D eigenvalue weighted by atomic mass is 10.2. The maximum Gasteiger partial charge on any atom is 0.139 e. The zero-order valence-electron chi connectivity index (χ0n) is 8.48. The van der Waals surface area contributed by atoms with Crippen LogP contribution < -0.4 is 0 Å². The van der Waals surface area contributed by atoms with Crippen LogP contribution in [0.1, 0.15) is 18.5 Å². The quantitative estimate of drug-likeness (QED) is 0.732. The van der Waals surface area contributed by atoms with Gasteiger partial charge in [-0.25, -0.2) is 4.68 Å². The van der Waals surface area contributed by atoms with E-state index in [4.69, 9.17) is 9.47 Å². The highest BCUT2D eigenvalue weighted by atomic mass is 16.5. The van der Waals surface area contributed by atoms with E-state index >= 15 is 0 Å². The first-order valence-corrected chi connectivity index (χ1v) is 5.04. The molecule has 0 N–H and O–H groups in total. The number of aryl methyl sites for hydroxylation is 1. The van der Waals surface area contributed by atoms with Crippen molar-refractivity contribution in [3.8, 4) is 0 Å². The van der Waals surface area contributed by atoms with E-state index in [9.17, 15) is 0 Å². The second kappa shape index (κ2) is 4.57. The first kappa shape index (κ1) is 9.68. The van der Waals surface area contributed by atoms with E-state index in [2.05, 4.69) is 5.10 Å². The fourth-order valence-corrected chi connectivity index (χ4v) is 1.56. The lowest BCUT2D eigenvalue weighted by Crippen LogP contribution is -2.24. The molecule has 78 valence electrons. The van der Waals surface area contributed by atoms with Crippen LogP contribution >= 0.6 is 0 Å². The van der Waals surface area contributed by atoms with Gasteiger partial charge in [-0.1, -0.05) is 0 Å². The molecule has 1 fully saturated rings. The first-order chi connectivity index (χ1) is 6.84. The molecular formula is C10H16N2O2. The topological polar surface area (TPSA) is 36.3 Å². The fraction of sp³-hybridized carbons (Fsp3) is 0.700. The van der Waals surface area contributed by atoms with Gasteiger partial charge in [0, 0.05) is 19.4 Å². The number of aromatic nitrogens is 2. The molecule has 1 aromatic heterocycles. The van der Waals surface area contributed by atoms with Crippen molar-refractivity contribution in [2.24, 2.45) is 0 Å². The van der Waals surface area contributed by atoms with Crippen molar-refractivity contribution < 1.29 is 9.47 Å². The largest absolute Gasteiger partial charge is 0.381 e. The molecule has 0 bridgehead atoms. The van der Waals surface area contributed by atoms with E-state index < -0.39 is 0 Å². The van der Waals surface area contributed by atoms with Crippen LogP contribution in [0.4, 0.5) is 0 Å². The molecule has 14 heavy (non-hydrogen) atoms. The standard InChI is InChI=1S/C10H16N2O2/c1-9-2-5-12(11-9)8-14-10-3-6-13-7-4-10/h2,5,10H,3-4,6-8H2,1H3. The Morgan fingerprint density at radius 1 is 1.57 bits per heavy atom. The van der Waals surface area contributed by atoms with Gasteiger partial charge in [-0.15, -0.1) is 0 Å². The van der Waals surface area contributed by atoms with Gasteiger partial charge < -0.3 is 9.47 Å². The summed E-state index contributed by atoms with van der Waals surface area (Å²) in [5.41, 5.74) is 1.03. The third-order valence-corrected chi connectivity index (χ3v) is 2.38. The molecule has 0 aromatic carbocycles. The summed E-state index contributed by atoms with van der Waals surface area (Å²) in [6, 6.07) is 1.98. The zero-order chi connectivity index (χ0) is 9.80. The Morgan fingerprint density at radius 2 is 2.36 bits per heavy atom. The van der Waals surface area contributed by atoms with Crippen LogP contribution in [-0.4, -0.2) is 29.1 Å². The number of ether oxygens (including phenoxy) is 2. The number of hydrogen-bond donors (Lipinski definition) is 0. The van der Waals surface area contributed by atoms with Crippen molar-refractivity contribution >= 4 is 0 Å². The summed E-state index contributed by atoms with van der Waals surface area (Å²) in [4.78, 5) is 0. The predicted molar refractivity (Wildman–Crippen MR) is 51.9 cm³/mol. The molecule has 4 nitrogen and oxygen atoms in total. The van der Waals surface area contributed by atoms with Crippen LogP contribution in [-0.2, 0) is 16.2 Å². The molecule has 0 spiro atoms. The van der Waals surface area contributed by atoms with E-state index in [0.29, 0.717) is 12.8 Å². The Labute approximate surface area is 83.8 Å². The third-order valence-electron chi connectivity index (χ3n) is 2.38. The van der Waals surface area contributed by atoms with Gasteiger partial charge in [-0.3, -0.25) is 0 Å². The smallest absolute Gasteiger partial charge is 0.139 e. The number of rotatable bonds is 3. The van der Waals surface area contributed by atoms with Gasteiger partial charge >= 0.3 is 0 Å². The Morgan fingerprint density at radius 3 is 3.00 bits per heavy atom. The first-order valence-electron chi connectivity index (χ1n) is 5.04. The minimum absolute atomic E-state index is 0.341. The normalized spacial score (nSPS) is 18.6. The summed E-state index contributed by atoms with van der Waals surface area (Å²) < 4.78 is 12.8. The lowest BCUT2D eigenvalue weighted by Gasteiger charge is -2.22. The van der Waals surface area contributed by atoms with Crippen molar-refractivity contribution in [2.75, 3.05) is 13.2 Å². The molecule has 0 aliphatic carbocycles. The van der Waals surface area contributed by atoms with Gasteiger partial charge in [0.25, 0.3) is 0 Å². The zero-order valence-corrected chi connectivity index (χ0v) is 8.48. The van der Waals surface area contributed by atoms with Gasteiger partial charge in [-0.2, -0.15) is 5.10 Å². The van der Waals surface area contributed by atoms with Crippen molar-refractivity contribution in [2.45, 2.75) is 32.6 Å². The summed E-state index contributed by atoms with van der Waals surface area (Å²) in [6.45, 7) is 4.18. The maximum atomic E-state index is 5.70. The molecule has 0 radical (unpaired) electrons. The SMILES string of the molecule is Cc1ccn(COC2CCOCC2)n1. The molecule has 4 heteroatoms. The average molecular weight is 196 g/mol. The second-order valence-corrected chi connectivity index (χ2v) is 3.60.